The third kappa shape index (κ3) is 7.52. The maximum absolute atomic E-state index is 13.0. The van der Waals surface area contributed by atoms with Gasteiger partial charge in [-0.25, -0.2) is 0 Å². The number of piperidine rings is 2. The van der Waals surface area contributed by atoms with Gasteiger partial charge in [-0.15, -0.1) is 0 Å². The summed E-state index contributed by atoms with van der Waals surface area (Å²) in [6.07, 6.45) is 26.6. The van der Waals surface area contributed by atoms with Gasteiger partial charge in [0.25, 0.3) is 5.91 Å². The Morgan fingerprint density at radius 1 is 0.873 bits per heavy atom. The van der Waals surface area contributed by atoms with Crippen LogP contribution in [0.1, 0.15) is 97.2 Å². The van der Waals surface area contributed by atoms with E-state index in [2.05, 4.69) is 58.8 Å². The monoisotopic (exact) mass is 743 g/mol. The van der Waals surface area contributed by atoms with E-state index in [1.54, 1.807) is 4.90 Å². The van der Waals surface area contributed by atoms with E-state index in [1.165, 1.54) is 24.0 Å². The minimum absolute atomic E-state index is 0.157. The molecule has 0 spiro atoms. The normalized spacial score (nSPS) is 30.7. The van der Waals surface area contributed by atoms with Crippen LogP contribution in [0.15, 0.2) is 84.7 Å². The Kier molecular flexibility index (Phi) is 10.1. The summed E-state index contributed by atoms with van der Waals surface area (Å²) in [5.41, 5.74) is 4.21. The first-order valence-corrected chi connectivity index (χ1v) is 20.7. The lowest BCUT2D eigenvalue weighted by Crippen LogP contribution is -2.52. The number of allylic oxidation sites excluding steroid dienone is 7. The third-order valence-electron chi connectivity index (χ3n) is 13.6. The highest BCUT2D eigenvalue weighted by molar-refractivity contribution is 6.05. The molecule has 4 aliphatic carbocycles. The van der Waals surface area contributed by atoms with Gasteiger partial charge in [0.2, 0.25) is 11.8 Å². The number of fused-ring (bicyclic) bond motifs is 2. The number of carbonyl (C=O) groups excluding carboxylic acids is 3. The van der Waals surface area contributed by atoms with Crippen molar-refractivity contribution in [3.8, 4) is 11.5 Å². The summed E-state index contributed by atoms with van der Waals surface area (Å²) in [6, 6.07) is 11.6. The fraction of sp³-hybridized carbons (Fsp3) is 0.500. The first kappa shape index (κ1) is 36.0. The lowest BCUT2D eigenvalue weighted by molar-refractivity contribution is -0.136. The van der Waals surface area contributed by atoms with Crippen molar-refractivity contribution < 1.29 is 29.0 Å². The van der Waals surface area contributed by atoms with Crippen molar-refractivity contribution in [2.45, 2.75) is 101 Å². The molecule has 2 saturated heterocycles. The van der Waals surface area contributed by atoms with E-state index >= 15 is 0 Å². The molecular formula is C46H53N3O6. The van der Waals surface area contributed by atoms with Crippen LogP contribution in [-0.4, -0.2) is 70.5 Å². The molecule has 2 N–H and O–H groups in total. The molecule has 3 unspecified atom stereocenters. The van der Waals surface area contributed by atoms with Gasteiger partial charge >= 0.3 is 0 Å². The first-order chi connectivity index (χ1) is 26.9. The number of phenolic OH excluding ortho intramolecular Hbond substituents is 1. The first-order valence-electron chi connectivity index (χ1n) is 20.7. The lowest BCUT2D eigenvalue weighted by atomic mass is 9.63. The average molecular weight is 744 g/mol. The Labute approximate surface area is 324 Å². The molecule has 9 nitrogen and oxygen atoms in total. The number of imide groups is 1. The number of aromatic hydroxyl groups is 1. The molecular weight excluding hydrogens is 691 g/mol. The Hall–Kier alpha value is -4.63. The van der Waals surface area contributed by atoms with Gasteiger partial charge in [-0.2, -0.15) is 0 Å². The average Bonchev–Trinajstić information content (AvgIpc) is 3.51. The predicted octanol–water partition coefficient (Wildman–Crippen LogP) is 7.12. The smallest absolute Gasteiger partial charge is 0.255 e. The molecule has 3 heterocycles. The molecule has 5 atom stereocenters. The van der Waals surface area contributed by atoms with Crippen LogP contribution in [-0.2, 0) is 27.3 Å². The van der Waals surface area contributed by atoms with E-state index in [9.17, 15) is 19.5 Å². The molecule has 3 aliphatic heterocycles. The number of nitrogens with zero attached hydrogens (tertiary/aromatic N) is 2. The molecule has 0 aromatic heterocycles. The minimum atomic E-state index is -0.606. The molecule has 0 radical (unpaired) electrons. The van der Waals surface area contributed by atoms with E-state index < -0.39 is 6.04 Å². The van der Waals surface area contributed by atoms with E-state index in [1.807, 2.05) is 30.3 Å². The molecule has 9 rings (SSSR count). The number of phenols is 1. The topological polar surface area (TPSA) is 108 Å². The zero-order chi connectivity index (χ0) is 37.5. The summed E-state index contributed by atoms with van der Waals surface area (Å²) in [6.45, 7) is 3.37. The minimum Gasteiger partial charge on any atom is -0.508 e. The number of likely N-dealkylation sites (tertiary alicyclic amines) is 1. The number of hydrogen-bond donors (Lipinski definition) is 2. The van der Waals surface area contributed by atoms with E-state index in [-0.39, 0.29) is 30.2 Å². The number of rotatable bonds is 10. The maximum atomic E-state index is 13.0. The predicted molar refractivity (Wildman–Crippen MR) is 209 cm³/mol. The van der Waals surface area contributed by atoms with Gasteiger partial charge in [0.1, 0.15) is 29.4 Å². The Balaban J connectivity index is 0.701. The third-order valence-corrected chi connectivity index (χ3v) is 13.6. The molecule has 7 aliphatic rings. The van der Waals surface area contributed by atoms with Crippen molar-refractivity contribution >= 4 is 17.7 Å². The highest BCUT2D eigenvalue weighted by Crippen LogP contribution is 2.49. The summed E-state index contributed by atoms with van der Waals surface area (Å²) in [5, 5.41) is 12.6. The van der Waals surface area contributed by atoms with Crippen molar-refractivity contribution in [1.29, 1.82) is 0 Å². The summed E-state index contributed by atoms with van der Waals surface area (Å²) in [4.78, 5) is 41.2. The fourth-order valence-corrected chi connectivity index (χ4v) is 10.5. The van der Waals surface area contributed by atoms with Crippen molar-refractivity contribution in [2.24, 2.45) is 23.7 Å². The SMILES string of the molecule is O=C1CCC(N2Cc3cc(OC4CC(N5CCC(CCOC6=CCC([C@@H]7c8ccc(O)cc8CC[C@@H]7C7C=CC=CC7)C=C6)CC5)C4)ccc3C2=O)C(=O)N1. The van der Waals surface area contributed by atoms with Crippen molar-refractivity contribution in [1.82, 2.24) is 15.1 Å². The van der Waals surface area contributed by atoms with Crippen molar-refractivity contribution in [2.75, 3.05) is 19.7 Å². The van der Waals surface area contributed by atoms with Gasteiger partial charge in [0.15, 0.2) is 0 Å². The summed E-state index contributed by atoms with van der Waals surface area (Å²) in [5.74, 6) is 4.03. The highest BCUT2D eigenvalue weighted by atomic mass is 16.5. The van der Waals surface area contributed by atoms with E-state index in [0.717, 1.165) is 81.7 Å². The van der Waals surface area contributed by atoms with Crippen molar-refractivity contribution in [3.63, 3.8) is 0 Å². The van der Waals surface area contributed by atoms with Gasteiger partial charge in [0, 0.05) is 37.4 Å². The zero-order valence-electron chi connectivity index (χ0n) is 31.6. The number of hydrogen-bond acceptors (Lipinski definition) is 7. The standard InChI is InChI=1S/C46H53N3O6/c50-35-9-14-40-32(24-35)8-13-39(30-4-2-1-3-5-30)44(40)31-6-10-36(11-7-31)54-23-20-29-18-21-48(22-19-29)34-26-38(27-34)55-37-12-15-41-33(25-37)28-49(46(41)53)42-16-17-43(51)47-45(42)52/h1-4,6,9-12,14-15,24-25,29-31,34,38-39,42,44,50H,5,7-8,13,16-23,26-28H2,(H,47,51,52)/t30?,31?,34?,38?,39-,42?,44+/m1/s1. The van der Waals surface area contributed by atoms with Gasteiger partial charge in [-0.1, -0.05) is 36.4 Å². The number of aryl methyl sites for hydroxylation is 1. The second-order valence-electron chi connectivity index (χ2n) is 16.9. The summed E-state index contributed by atoms with van der Waals surface area (Å²) >= 11 is 0. The fourth-order valence-electron chi connectivity index (χ4n) is 10.5. The molecule has 3 amide bonds. The molecule has 0 bridgehead atoms. The van der Waals surface area contributed by atoms with Gasteiger partial charge in [0.05, 0.1) is 6.61 Å². The number of nitrogens with one attached hydrogen (secondary N) is 1. The molecule has 2 aromatic carbocycles. The quantitative estimate of drug-likeness (QED) is 0.250. The molecule has 55 heavy (non-hydrogen) atoms. The Morgan fingerprint density at radius 2 is 1.75 bits per heavy atom. The molecule has 2 aromatic rings. The van der Waals surface area contributed by atoms with Crippen LogP contribution < -0.4 is 10.1 Å². The van der Waals surface area contributed by atoms with Crippen LogP contribution in [0.2, 0.25) is 0 Å². The van der Waals surface area contributed by atoms with Crippen LogP contribution >= 0.6 is 0 Å². The second kappa shape index (κ2) is 15.5. The van der Waals surface area contributed by atoms with Crippen LogP contribution in [0, 0.1) is 23.7 Å². The molecule has 9 heteroatoms. The molecule has 288 valence electrons. The number of benzene rings is 2. The highest BCUT2D eigenvalue weighted by Gasteiger charge is 2.41. The van der Waals surface area contributed by atoms with Crippen LogP contribution in [0.5, 0.6) is 11.5 Å². The zero-order valence-corrected chi connectivity index (χ0v) is 31.6. The largest absolute Gasteiger partial charge is 0.508 e. The van der Waals surface area contributed by atoms with Crippen LogP contribution in [0.3, 0.4) is 0 Å². The molecule has 1 saturated carbocycles. The van der Waals surface area contributed by atoms with Gasteiger partial charge < -0.3 is 24.4 Å². The van der Waals surface area contributed by atoms with E-state index in [4.69, 9.17) is 9.47 Å². The number of ether oxygens (including phenoxy) is 2. The van der Waals surface area contributed by atoms with Crippen LogP contribution in [0.25, 0.3) is 0 Å². The lowest BCUT2D eigenvalue weighted by Gasteiger charge is -2.45. The number of carbonyl (C=O) groups is 3. The summed E-state index contributed by atoms with van der Waals surface area (Å²) in [7, 11) is 0. The maximum Gasteiger partial charge on any atom is 0.255 e. The van der Waals surface area contributed by atoms with Gasteiger partial charge in [-0.05, 0) is 153 Å². The van der Waals surface area contributed by atoms with E-state index in [0.29, 0.717) is 59.9 Å². The van der Waals surface area contributed by atoms with Crippen molar-refractivity contribution in [3.05, 3.63) is 107 Å². The number of amides is 3. The second-order valence-corrected chi connectivity index (χ2v) is 16.9. The summed E-state index contributed by atoms with van der Waals surface area (Å²) < 4.78 is 12.7. The Morgan fingerprint density at radius 3 is 2.53 bits per heavy atom. The van der Waals surface area contributed by atoms with Crippen LogP contribution in [0.4, 0.5) is 0 Å². The molecule has 3 fully saturated rings. The Bertz CT molecular complexity index is 1930. The van der Waals surface area contributed by atoms with Gasteiger partial charge in [-0.3, -0.25) is 19.7 Å².